The standard InChI is InChI=1S/C8H16N2O2S/c1-2-13(11,12)10-5-7-3-9-4-8(7)6-10/h7-9H,2-6H2,1H3/t7-,8+. The first-order valence-corrected chi connectivity index (χ1v) is 6.43. The maximum Gasteiger partial charge on any atom is 0.213 e. The summed E-state index contributed by atoms with van der Waals surface area (Å²) in [7, 11) is -2.93. The van der Waals surface area contributed by atoms with Gasteiger partial charge in [-0.15, -0.1) is 0 Å². The molecule has 0 aromatic heterocycles. The van der Waals surface area contributed by atoms with Crippen LogP contribution in [0.2, 0.25) is 0 Å². The third-order valence-corrected chi connectivity index (χ3v) is 4.93. The number of rotatable bonds is 2. The van der Waals surface area contributed by atoms with Crippen molar-refractivity contribution in [2.24, 2.45) is 11.8 Å². The summed E-state index contributed by atoms with van der Waals surface area (Å²) in [4.78, 5) is 0. The predicted octanol–water partition coefficient (Wildman–Crippen LogP) is -0.513. The highest BCUT2D eigenvalue weighted by Gasteiger charge is 2.40. The Morgan fingerprint density at radius 2 is 1.85 bits per heavy atom. The maximum atomic E-state index is 11.5. The first-order valence-electron chi connectivity index (χ1n) is 4.82. The van der Waals surface area contributed by atoms with Gasteiger partial charge in [0.1, 0.15) is 0 Å². The summed E-state index contributed by atoms with van der Waals surface area (Å²) < 4.78 is 24.7. The van der Waals surface area contributed by atoms with Crippen LogP contribution < -0.4 is 5.32 Å². The maximum absolute atomic E-state index is 11.5. The van der Waals surface area contributed by atoms with Crippen molar-refractivity contribution in [3.63, 3.8) is 0 Å². The van der Waals surface area contributed by atoms with Crippen molar-refractivity contribution in [2.75, 3.05) is 31.9 Å². The molecule has 13 heavy (non-hydrogen) atoms. The first kappa shape index (κ1) is 9.43. The van der Waals surface area contributed by atoms with Crippen LogP contribution in [0.15, 0.2) is 0 Å². The van der Waals surface area contributed by atoms with Gasteiger partial charge in [-0.05, 0) is 31.8 Å². The third kappa shape index (κ3) is 1.60. The highest BCUT2D eigenvalue weighted by atomic mass is 32.2. The lowest BCUT2D eigenvalue weighted by Gasteiger charge is -2.15. The lowest BCUT2D eigenvalue weighted by atomic mass is 10.0. The van der Waals surface area contributed by atoms with Crippen LogP contribution >= 0.6 is 0 Å². The highest BCUT2D eigenvalue weighted by molar-refractivity contribution is 7.89. The molecule has 2 aliphatic rings. The molecule has 0 aliphatic carbocycles. The van der Waals surface area contributed by atoms with E-state index in [1.807, 2.05) is 0 Å². The monoisotopic (exact) mass is 204 g/mol. The summed E-state index contributed by atoms with van der Waals surface area (Å²) in [6.45, 7) is 5.14. The number of hydrogen-bond acceptors (Lipinski definition) is 3. The lowest BCUT2D eigenvalue weighted by molar-refractivity contribution is 0.449. The van der Waals surface area contributed by atoms with E-state index in [1.165, 1.54) is 0 Å². The SMILES string of the molecule is CCS(=O)(=O)N1C[C@H]2CNC[C@H]2C1. The fourth-order valence-corrected chi connectivity index (χ4v) is 3.42. The molecule has 4 nitrogen and oxygen atoms in total. The molecule has 2 fully saturated rings. The molecule has 0 unspecified atom stereocenters. The molecule has 2 rings (SSSR count). The average molecular weight is 204 g/mol. The number of hydrogen-bond donors (Lipinski definition) is 1. The molecule has 2 saturated heterocycles. The van der Waals surface area contributed by atoms with Crippen LogP contribution in [0.25, 0.3) is 0 Å². The Kier molecular flexibility index (Phi) is 2.33. The van der Waals surface area contributed by atoms with Gasteiger partial charge in [-0.2, -0.15) is 0 Å². The van der Waals surface area contributed by atoms with E-state index in [4.69, 9.17) is 0 Å². The van der Waals surface area contributed by atoms with E-state index in [2.05, 4.69) is 5.32 Å². The minimum Gasteiger partial charge on any atom is -0.316 e. The Morgan fingerprint density at radius 3 is 2.31 bits per heavy atom. The van der Waals surface area contributed by atoms with Crippen molar-refractivity contribution in [3.05, 3.63) is 0 Å². The van der Waals surface area contributed by atoms with Crippen LogP contribution in [0.5, 0.6) is 0 Å². The van der Waals surface area contributed by atoms with Gasteiger partial charge in [0.15, 0.2) is 0 Å². The second-order valence-corrected chi connectivity index (χ2v) is 6.15. The summed E-state index contributed by atoms with van der Waals surface area (Å²) in [5.74, 6) is 1.35. The molecule has 0 aromatic rings. The minimum atomic E-state index is -2.93. The van der Waals surface area contributed by atoms with Crippen molar-refractivity contribution in [2.45, 2.75) is 6.92 Å². The van der Waals surface area contributed by atoms with Crippen molar-refractivity contribution >= 4 is 10.0 Å². The van der Waals surface area contributed by atoms with E-state index >= 15 is 0 Å². The van der Waals surface area contributed by atoms with Gasteiger partial charge < -0.3 is 5.32 Å². The molecule has 0 bridgehead atoms. The van der Waals surface area contributed by atoms with Gasteiger partial charge in [-0.1, -0.05) is 0 Å². The summed E-state index contributed by atoms with van der Waals surface area (Å²) in [5, 5.41) is 3.29. The molecule has 2 heterocycles. The Hall–Kier alpha value is -0.130. The molecule has 0 radical (unpaired) electrons. The largest absolute Gasteiger partial charge is 0.316 e. The molecule has 1 N–H and O–H groups in total. The van der Waals surface area contributed by atoms with E-state index in [0.29, 0.717) is 11.8 Å². The minimum absolute atomic E-state index is 0.236. The molecule has 2 aliphatic heterocycles. The van der Waals surface area contributed by atoms with Crippen molar-refractivity contribution in [3.8, 4) is 0 Å². The lowest BCUT2D eigenvalue weighted by Crippen LogP contribution is -2.32. The number of sulfonamides is 1. The average Bonchev–Trinajstić information content (AvgIpc) is 2.61. The van der Waals surface area contributed by atoms with Crippen molar-refractivity contribution < 1.29 is 8.42 Å². The fraction of sp³-hybridized carbons (Fsp3) is 1.00. The second-order valence-electron chi connectivity index (χ2n) is 3.90. The zero-order valence-electron chi connectivity index (χ0n) is 7.86. The number of nitrogens with one attached hydrogen (secondary N) is 1. The molecule has 2 atom stereocenters. The Morgan fingerprint density at radius 1 is 1.31 bits per heavy atom. The first-order chi connectivity index (χ1) is 6.13. The Labute approximate surface area is 79.4 Å². The van der Waals surface area contributed by atoms with Gasteiger partial charge in [0, 0.05) is 13.1 Å². The number of nitrogens with zero attached hydrogens (tertiary/aromatic N) is 1. The van der Waals surface area contributed by atoms with Crippen LogP contribution in [-0.2, 0) is 10.0 Å². The number of fused-ring (bicyclic) bond motifs is 1. The second kappa shape index (κ2) is 3.22. The van der Waals surface area contributed by atoms with E-state index in [9.17, 15) is 8.42 Å². The summed E-state index contributed by atoms with van der Waals surface area (Å²) in [6.07, 6.45) is 0. The van der Waals surface area contributed by atoms with Crippen LogP contribution in [0.3, 0.4) is 0 Å². The Balaban J connectivity index is 2.07. The molecular weight excluding hydrogens is 188 g/mol. The summed E-state index contributed by atoms with van der Waals surface area (Å²) >= 11 is 0. The highest BCUT2D eigenvalue weighted by Crippen LogP contribution is 2.28. The van der Waals surface area contributed by atoms with E-state index in [1.54, 1.807) is 11.2 Å². The third-order valence-electron chi connectivity index (χ3n) is 3.11. The molecule has 0 aromatic carbocycles. The summed E-state index contributed by atoms with van der Waals surface area (Å²) in [6, 6.07) is 0. The zero-order valence-corrected chi connectivity index (χ0v) is 8.68. The van der Waals surface area contributed by atoms with Gasteiger partial charge >= 0.3 is 0 Å². The molecular formula is C8H16N2O2S. The van der Waals surface area contributed by atoms with E-state index < -0.39 is 10.0 Å². The van der Waals surface area contributed by atoms with Gasteiger partial charge in [0.25, 0.3) is 0 Å². The van der Waals surface area contributed by atoms with Gasteiger partial charge in [0.05, 0.1) is 5.75 Å². The molecule has 76 valence electrons. The molecule has 0 saturated carbocycles. The van der Waals surface area contributed by atoms with Crippen molar-refractivity contribution in [1.82, 2.24) is 9.62 Å². The normalized spacial score (nSPS) is 35.2. The zero-order chi connectivity index (χ0) is 9.47. The van der Waals surface area contributed by atoms with Crippen LogP contribution in [0.4, 0.5) is 0 Å². The van der Waals surface area contributed by atoms with E-state index in [0.717, 1.165) is 26.2 Å². The van der Waals surface area contributed by atoms with Gasteiger partial charge in [0.2, 0.25) is 10.0 Å². The quantitative estimate of drug-likeness (QED) is 0.659. The molecule has 0 amide bonds. The smallest absolute Gasteiger partial charge is 0.213 e. The predicted molar refractivity (Wildman–Crippen MR) is 50.9 cm³/mol. The fourth-order valence-electron chi connectivity index (χ4n) is 2.22. The van der Waals surface area contributed by atoms with Gasteiger partial charge in [-0.25, -0.2) is 12.7 Å². The molecule has 0 spiro atoms. The van der Waals surface area contributed by atoms with Crippen LogP contribution in [0.1, 0.15) is 6.92 Å². The molecule has 5 heteroatoms. The van der Waals surface area contributed by atoms with Crippen LogP contribution in [0, 0.1) is 11.8 Å². The van der Waals surface area contributed by atoms with E-state index in [-0.39, 0.29) is 5.75 Å². The van der Waals surface area contributed by atoms with Crippen molar-refractivity contribution in [1.29, 1.82) is 0 Å². The van der Waals surface area contributed by atoms with Gasteiger partial charge in [-0.3, -0.25) is 0 Å². The topological polar surface area (TPSA) is 49.4 Å². The van der Waals surface area contributed by atoms with Crippen LogP contribution in [-0.4, -0.2) is 44.7 Å². The Bertz CT molecular complexity index is 277. The summed E-state index contributed by atoms with van der Waals surface area (Å²) in [5.41, 5.74) is 0.